The van der Waals surface area contributed by atoms with E-state index in [1.54, 1.807) is 55.4 Å². The molecule has 0 aromatic heterocycles. The van der Waals surface area contributed by atoms with Crippen LogP contribution in [-0.2, 0) is 64.1 Å². The first-order valence-electron chi connectivity index (χ1n) is 35.2. The molecule has 0 aliphatic heterocycles. The Morgan fingerprint density at radius 3 is 0.701 bits per heavy atom. The van der Waals surface area contributed by atoms with Crippen LogP contribution in [0.4, 0.5) is 14.4 Å². The number of ether oxygens (including phenoxy) is 2. The van der Waals surface area contributed by atoms with Crippen LogP contribution in [0.2, 0.25) is 0 Å². The van der Waals surface area contributed by atoms with Gasteiger partial charge in [0.05, 0.1) is 34.5 Å². The number of rotatable bonds is 26. The van der Waals surface area contributed by atoms with E-state index in [1.165, 1.54) is 0 Å². The number of nitrogens with one attached hydrogen (secondary N) is 7. The van der Waals surface area contributed by atoms with Gasteiger partial charge >= 0.3 is 18.2 Å². The molecule has 0 aliphatic rings. The van der Waals surface area contributed by atoms with Crippen molar-refractivity contribution in [3.63, 3.8) is 0 Å². The molecule has 0 aromatic rings. The number of alkyl carbamates (subject to hydrolysis) is 2. The Hall–Kier alpha value is -4.23. The Labute approximate surface area is 673 Å². The molecule has 0 unspecified atom stereocenters. The van der Waals surface area contributed by atoms with E-state index in [2.05, 4.69) is 64.3 Å². The first-order chi connectivity index (χ1) is 43.4. The third kappa shape index (κ3) is 132. The van der Waals surface area contributed by atoms with Crippen LogP contribution < -0.4 is 36.6 Å². The van der Waals surface area contributed by atoms with Crippen LogP contribution in [0.1, 0.15) is 370 Å². The number of sulfone groups is 1. The second kappa shape index (κ2) is 89.0. The highest BCUT2D eigenvalue weighted by Crippen LogP contribution is 2.09. The van der Waals surface area contributed by atoms with Gasteiger partial charge in [-0.05, 0) is 170 Å². The van der Waals surface area contributed by atoms with E-state index in [-0.39, 0.29) is 205 Å². The number of Topliss-reactive ketones (excluding diaryl/α,β-unsaturated/α-hetero) is 3. The van der Waals surface area contributed by atoms with Crippen molar-refractivity contribution in [2.75, 3.05) is 6.54 Å². The van der Waals surface area contributed by atoms with E-state index in [0.29, 0.717) is 46.2 Å². The maximum absolute atomic E-state index is 11.2. The first-order valence-corrected chi connectivity index (χ1v) is 39.6. The van der Waals surface area contributed by atoms with Gasteiger partial charge in [-0.15, -0.1) is 0 Å². The number of ketones is 3. The van der Waals surface area contributed by atoms with Crippen molar-refractivity contribution >= 4 is 78.0 Å². The lowest BCUT2D eigenvalue weighted by Gasteiger charge is -2.11. The molecule has 25 heteroatoms. The Kier molecular flexibility index (Phi) is 129. The average molecular weight is 1620 g/mol. The van der Waals surface area contributed by atoms with Crippen LogP contribution >= 0.6 is 0 Å². The number of sulfonamides is 1. The Bertz CT molecular complexity index is 2060. The van der Waals surface area contributed by atoms with Crippen molar-refractivity contribution in [3.8, 4) is 0 Å². The molecule has 0 atom stereocenters. The average Bonchev–Trinajstić information content (AvgIpc) is 0.889. The summed E-state index contributed by atoms with van der Waals surface area (Å²) in [7, 11) is -6.49. The van der Waals surface area contributed by atoms with Crippen molar-refractivity contribution in [2.45, 2.75) is 445 Å². The molecule has 0 bridgehead atoms. The molecule has 0 saturated carbocycles. The van der Waals surface area contributed by atoms with Gasteiger partial charge in [0.2, 0.25) is 21.8 Å². The lowest BCUT2D eigenvalue weighted by molar-refractivity contribution is -0.127. The molecule has 0 aliphatic carbocycles. The Morgan fingerprint density at radius 2 is 0.570 bits per heavy atom. The number of hydrogen-bond acceptors (Lipinski definition) is 15. The quantitative estimate of drug-likeness (QED) is 0.0423. The van der Waals surface area contributed by atoms with Crippen molar-refractivity contribution in [1.29, 1.82) is 0 Å². The van der Waals surface area contributed by atoms with Crippen LogP contribution in [0.5, 0.6) is 0 Å². The van der Waals surface area contributed by atoms with Crippen LogP contribution in [0.3, 0.4) is 0 Å². The monoisotopic (exact) mass is 1610 g/mol. The summed E-state index contributed by atoms with van der Waals surface area (Å²) < 4.78 is 67.2. The fraction of sp³-hybridized carbons (Fsp3) is 0.902. The zero-order valence-electron chi connectivity index (χ0n) is 69.2. The van der Waals surface area contributed by atoms with Crippen LogP contribution in [0.25, 0.3) is 0 Å². The minimum atomic E-state index is -3.05. The summed E-state index contributed by atoms with van der Waals surface area (Å²) in [5, 5.41) is 15.9. The van der Waals surface area contributed by atoms with Crippen LogP contribution in [-0.4, -0.2) is 150 Å². The van der Waals surface area contributed by atoms with Gasteiger partial charge in [-0.1, -0.05) is 199 Å². The third-order valence-electron chi connectivity index (χ3n) is 10.6. The minimum Gasteiger partial charge on any atom is -0.447 e. The molecular formula is C82H195N7O15S3. The number of hydrogen-bond donors (Lipinski definition) is 7. The highest BCUT2D eigenvalue weighted by atomic mass is 32.2. The molecule has 0 heterocycles. The van der Waals surface area contributed by atoms with Crippen molar-refractivity contribution in [2.24, 2.45) is 41.4 Å². The van der Waals surface area contributed by atoms with Gasteiger partial charge in [-0.3, -0.25) is 28.2 Å². The van der Waals surface area contributed by atoms with E-state index in [1.807, 2.05) is 194 Å². The smallest absolute Gasteiger partial charge is 0.407 e. The largest absolute Gasteiger partial charge is 0.447 e. The normalized spacial score (nSPS) is 10.1. The molecule has 6 amide bonds. The third-order valence-corrected chi connectivity index (χ3v) is 17.1. The Morgan fingerprint density at radius 1 is 0.318 bits per heavy atom. The van der Waals surface area contributed by atoms with Gasteiger partial charge in [-0.25, -0.2) is 35.9 Å². The molecule has 0 rings (SSSR count). The van der Waals surface area contributed by atoms with E-state index in [9.17, 15) is 59.4 Å². The zero-order valence-corrected chi connectivity index (χ0v) is 71.7. The zero-order chi connectivity index (χ0) is 79.9. The van der Waals surface area contributed by atoms with Crippen LogP contribution in [0.15, 0.2) is 0 Å². The van der Waals surface area contributed by atoms with Gasteiger partial charge in [0.25, 0.3) is 0 Å². The van der Waals surface area contributed by atoms with Gasteiger partial charge in [0.15, 0.2) is 15.6 Å². The molecule has 0 saturated heterocycles. The summed E-state index contributed by atoms with van der Waals surface area (Å²) in [4.78, 5) is 87.3. The summed E-state index contributed by atoms with van der Waals surface area (Å²) in [6.07, 6.45) is 1.27. The second-order valence-electron chi connectivity index (χ2n) is 29.7. The summed E-state index contributed by atoms with van der Waals surface area (Å²) in [5.74, 6) is 2.80. The Balaban J connectivity index is -0.0000000433. The van der Waals surface area contributed by atoms with Gasteiger partial charge in [-0.2, -0.15) is 0 Å². The first kappa shape index (κ1) is 155. The highest BCUT2D eigenvalue weighted by molar-refractivity contribution is 7.92. The molecule has 0 spiro atoms. The maximum atomic E-state index is 11.2. The minimum absolute atomic E-state index is 0. The molecule has 107 heavy (non-hydrogen) atoms. The fourth-order valence-electron chi connectivity index (χ4n) is 6.12. The van der Waals surface area contributed by atoms with Crippen molar-refractivity contribution in [3.05, 3.63) is 0 Å². The molecule has 666 valence electrons. The lowest BCUT2D eigenvalue weighted by atomic mass is 9.99. The number of carbonyl (C=O) groups excluding carboxylic acids is 8. The van der Waals surface area contributed by atoms with Gasteiger partial charge in [0.1, 0.15) is 11.6 Å². The van der Waals surface area contributed by atoms with Gasteiger partial charge < -0.3 is 41.4 Å². The SMILES string of the molecule is C.C.C.C.C.C.C.C.C.C.CC(C)C(=O)C(C)C.CC(C)CC(=O)CC(C)C.CC(C)CC(=O)CNC(=O)C(C)C.CC(C)NC(=O)C(C)C.CC(C)NC(=O)NC(C)C.CC(C)NC(=O)OC(C)C.CC(C)NC(=O)OC(C)C.CC(C)NS(=O)(=O)C(C)C.CC(C)S(=O)(=O)C(C)C.CC(C)S(=O)C(C)C. The molecule has 0 aromatic carbocycles. The van der Waals surface area contributed by atoms with E-state index < -0.39 is 30.7 Å². The number of amides is 6. The molecule has 0 fully saturated rings. The summed E-state index contributed by atoms with van der Waals surface area (Å²) >= 11 is 0. The van der Waals surface area contributed by atoms with Gasteiger partial charge in [0, 0.05) is 100 Å². The lowest BCUT2D eigenvalue weighted by Crippen LogP contribution is -2.42. The maximum Gasteiger partial charge on any atom is 0.407 e. The van der Waals surface area contributed by atoms with Crippen molar-refractivity contribution in [1.82, 2.24) is 36.6 Å². The predicted octanol–water partition coefficient (Wildman–Crippen LogP) is 21.1. The molecule has 0 radical (unpaired) electrons. The van der Waals surface area contributed by atoms with Crippen molar-refractivity contribution < 1.29 is 68.9 Å². The molecule has 7 N–H and O–H groups in total. The van der Waals surface area contributed by atoms with E-state index in [0.717, 1.165) is 12.8 Å². The van der Waals surface area contributed by atoms with Crippen LogP contribution in [0, 0.1) is 41.4 Å². The summed E-state index contributed by atoms with van der Waals surface area (Å²) in [6, 6.07) is 0.868. The predicted molar refractivity (Wildman–Crippen MR) is 478 cm³/mol. The van der Waals surface area contributed by atoms with E-state index >= 15 is 0 Å². The number of urea groups is 1. The number of carbonyl (C=O) groups is 8. The molecule has 22 nitrogen and oxygen atoms in total. The summed E-state index contributed by atoms with van der Waals surface area (Å²) in [5.41, 5.74) is 0. The fourth-order valence-corrected chi connectivity index (χ4v) is 9.22. The second-order valence-corrected chi connectivity index (χ2v) is 37.6. The standard InChI is InChI=1S/C10H19NO2.C9H18O.C7H16N2O.2C7H15NO2.C7H15NO.C7H14O.C6H15NO2S.C6H14O2S.C6H14OS.10CH4/c1-7(2)5-9(12)6-11-10(13)8(3)4;1-7(2)5-9(10)6-8(3)4;1-5(2)8-7(10)9-6(3)4;2*1-5(2)8-7(9)10-6(3)4;1-5(2)7(9)8-6(3)4;1-5(2)7(8)6(3)4;1-5(2)7-10(8,9)6(3)4;1-5(2)9(7,8)6(3)4;1-5(2)8(7)6(3)4;;;;;;;;;;/h7-8H,5-6H2,1-4H3,(H,11,13);7-8H,5-6H2,1-4H3;5-6H,1-4H3,(H2,8,9,10);2*5-6H,1-4H3,(H,8,9);5-6H,1-4H3,(H,8,9);5-6H,1-4H3;5-7H,1-4H3;5-6H,1-4H3;5-6H,1-4H3;10*1H4. The van der Waals surface area contributed by atoms with E-state index in [4.69, 9.17) is 9.47 Å². The topological polar surface area (TPSA) is 325 Å². The summed E-state index contributed by atoms with van der Waals surface area (Å²) in [6.45, 7) is 75.7. The molecular weight excluding hydrogens is 1420 g/mol. The highest BCUT2D eigenvalue weighted by Gasteiger charge is 2.20.